The van der Waals surface area contributed by atoms with Crippen LogP contribution in [0, 0.1) is 23.4 Å². The molecule has 8 heteroatoms. The molecular formula is C12H15F3N2O2S. The standard InChI is InChI=1S/C12H15F3N2O2S/c1-7-4-5-17(6-9(7)16)20(18,19)10-3-2-8(13)11(14)12(10)15/h2-3,7,9H,4-6,16H2,1H3. The Balaban J connectivity index is 2.39. The van der Waals surface area contributed by atoms with Crippen LogP contribution in [0.2, 0.25) is 0 Å². The molecule has 0 aliphatic carbocycles. The van der Waals surface area contributed by atoms with Gasteiger partial charge in [0.1, 0.15) is 4.90 Å². The van der Waals surface area contributed by atoms with Crippen LogP contribution < -0.4 is 5.73 Å². The molecule has 1 heterocycles. The maximum atomic E-state index is 13.6. The van der Waals surface area contributed by atoms with Crippen molar-refractivity contribution < 1.29 is 21.6 Å². The highest BCUT2D eigenvalue weighted by atomic mass is 32.2. The van der Waals surface area contributed by atoms with Crippen molar-refractivity contribution in [2.45, 2.75) is 24.3 Å². The van der Waals surface area contributed by atoms with Crippen molar-refractivity contribution >= 4 is 10.0 Å². The van der Waals surface area contributed by atoms with E-state index in [0.29, 0.717) is 12.5 Å². The van der Waals surface area contributed by atoms with E-state index >= 15 is 0 Å². The minimum Gasteiger partial charge on any atom is -0.326 e. The highest BCUT2D eigenvalue weighted by Crippen LogP contribution is 2.26. The third-order valence-corrected chi connectivity index (χ3v) is 5.48. The Labute approximate surface area is 115 Å². The molecule has 1 saturated heterocycles. The maximum absolute atomic E-state index is 13.6. The van der Waals surface area contributed by atoms with Crippen LogP contribution in [0.15, 0.2) is 17.0 Å². The third kappa shape index (κ3) is 2.55. The van der Waals surface area contributed by atoms with Gasteiger partial charge in [0.2, 0.25) is 10.0 Å². The molecule has 0 bridgehead atoms. The van der Waals surface area contributed by atoms with E-state index in [-0.39, 0.29) is 25.0 Å². The topological polar surface area (TPSA) is 63.4 Å². The molecular weight excluding hydrogens is 293 g/mol. The van der Waals surface area contributed by atoms with Crippen molar-refractivity contribution in [3.63, 3.8) is 0 Å². The molecule has 2 N–H and O–H groups in total. The molecule has 20 heavy (non-hydrogen) atoms. The average Bonchev–Trinajstić information content (AvgIpc) is 2.38. The summed E-state index contributed by atoms with van der Waals surface area (Å²) in [5, 5.41) is 0. The number of nitrogens with zero attached hydrogens (tertiary/aromatic N) is 1. The summed E-state index contributed by atoms with van der Waals surface area (Å²) in [5.41, 5.74) is 5.80. The maximum Gasteiger partial charge on any atom is 0.246 e. The first-order valence-electron chi connectivity index (χ1n) is 6.14. The fourth-order valence-corrected chi connectivity index (χ4v) is 3.68. The van der Waals surface area contributed by atoms with Gasteiger partial charge >= 0.3 is 0 Å². The second kappa shape index (κ2) is 5.34. The van der Waals surface area contributed by atoms with Crippen LogP contribution in [0.5, 0.6) is 0 Å². The molecule has 4 nitrogen and oxygen atoms in total. The Morgan fingerprint density at radius 2 is 1.90 bits per heavy atom. The van der Waals surface area contributed by atoms with E-state index in [4.69, 9.17) is 5.73 Å². The van der Waals surface area contributed by atoms with Crippen molar-refractivity contribution in [2.24, 2.45) is 11.7 Å². The fourth-order valence-electron chi connectivity index (χ4n) is 2.13. The highest BCUT2D eigenvalue weighted by Gasteiger charge is 2.34. The van der Waals surface area contributed by atoms with Crippen LogP contribution in [0.1, 0.15) is 13.3 Å². The van der Waals surface area contributed by atoms with Crippen LogP contribution in [0.25, 0.3) is 0 Å². The number of benzene rings is 1. The Kier molecular flexibility index (Phi) is 4.08. The quantitative estimate of drug-likeness (QED) is 0.841. The summed E-state index contributed by atoms with van der Waals surface area (Å²) < 4.78 is 65.2. The number of rotatable bonds is 2. The zero-order valence-electron chi connectivity index (χ0n) is 10.8. The lowest BCUT2D eigenvalue weighted by Crippen LogP contribution is -2.49. The predicted octanol–water partition coefficient (Wildman–Crippen LogP) is 1.46. The number of halogens is 3. The summed E-state index contributed by atoms with van der Waals surface area (Å²) in [7, 11) is -4.22. The number of hydrogen-bond acceptors (Lipinski definition) is 3. The minimum absolute atomic E-state index is 0.0297. The molecule has 2 rings (SSSR count). The van der Waals surface area contributed by atoms with Crippen LogP contribution in [-0.4, -0.2) is 31.9 Å². The molecule has 0 amide bonds. The Morgan fingerprint density at radius 1 is 1.25 bits per heavy atom. The van der Waals surface area contributed by atoms with Gasteiger partial charge in [-0.2, -0.15) is 4.31 Å². The van der Waals surface area contributed by atoms with Crippen molar-refractivity contribution in [1.29, 1.82) is 0 Å². The van der Waals surface area contributed by atoms with Crippen molar-refractivity contribution in [2.75, 3.05) is 13.1 Å². The summed E-state index contributed by atoms with van der Waals surface area (Å²) in [6, 6.07) is 0.955. The first-order chi connectivity index (χ1) is 9.25. The molecule has 1 aromatic rings. The normalized spacial score (nSPS) is 24.9. The summed E-state index contributed by atoms with van der Waals surface area (Å²) in [4.78, 5) is -0.863. The zero-order chi connectivity index (χ0) is 15.1. The lowest BCUT2D eigenvalue weighted by Gasteiger charge is -2.34. The third-order valence-electron chi connectivity index (χ3n) is 3.60. The molecule has 0 saturated carbocycles. The van der Waals surface area contributed by atoms with Gasteiger partial charge in [-0.3, -0.25) is 0 Å². The van der Waals surface area contributed by atoms with Gasteiger partial charge in [0, 0.05) is 19.1 Å². The molecule has 1 fully saturated rings. The monoisotopic (exact) mass is 308 g/mol. The van der Waals surface area contributed by atoms with Gasteiger partial charge in [0.05, 0.1) is 0 Å². The van der Waals surface area contributed by atoms with E-state index in [0.717, 1.165) is 10.4 Å². The van der Waals surface area contributed by atoms with Crippen LogP contribution in [-0.2, 0) is 10.0 Å². The van der Waals surface area contributed by atoms with E-state index in [1.54, 1.807) is 0 Å². The summed E-state index contributed by atoms with van der Waals surface area (Å²) >= 11 is 0. The van der Waals surface area contributed by atoms with Crippen molar-refractivity contribution in [3.8, 4) is 0 Å². The van der Waals surface area contributed by atoms with Gasteiger partial charge in [-0.05, 0) is 24.5 Å². The molecule has 0 aromatic heterocycles. The van der Waals surface area contributed by atoms with Gasteiger partial charge in [0.15, 0.2) is 17.5 Å². The number of hydrogen-bond donors (Lipinski definition) is 1. The summed E-state index contributed by atoms with van der Waals surface area (Å²) in [6.07, 6.45) is 0.533. The largest absolute Gasteiger partial charge is 0.326 e. The van der Waals surface area contributed by atoms with E-state index in [2.05, 4.69) is 0 Å². The molecule has 1 aliphatic heterocycles. The lowest BCUT2D eigenvalue weighted by atomic mass is 9.96. The molecule has 0 spiro atoms. The Hall–Kier alpha value is -1.12. The molecule has 2 unspecified atom stereocenters. The predicted molar refractivity (Wildman–Crippen MR) is 66.8 cm³/mol. The Bertz CT molecular complexity index is 621. The van der Waals surface area contributed by atoms with Gasteiger partial charge < -0.3 is 5.73 Å². The van der Waals surface area contributed by atoms with E-state index in [1.807, 2.05) is 6.92 Å². The molecule has 0 radical (unpaired) electrons. The Morgan fingerprint density at radius 3 is 2.50 bits per heavy atom. The first-order valence-corrected chi connectivity index (χ1v) is 7.58. The second-order valence-electron chi connectivity index (χ2n) is 4.97. The van der Waals surface area contributed by atoms with Gasteiger partial charge in [-0.15, -0.1) is 0 Å². The van der Waals surface area contributed by atoms with E-state index < -0.39 is 32.4 Å². The highest BCUT2D eigenvalue weighted by molar-refractivity contribution is 7.89. The molecule has 2 atom stereocenters. The zero-order valence-corrected chi connectivity index (χ0v) is 11.6. The van der Waals surface area contributed by atoms with Crippen LogP contribution >= 0.6 is 0 Å². The average molecular weight is 308 g/mol. The smallest absolute Gasteiger partial charge is 0.246 e. The van der Waals surface area contributed by atoms with Gasteiger partial charge in [-0.25, -0.2) is 21.6 Å². The second-order valence-corrected chi connectivity index (χ2v) is 6.87. The van der Waals surface area contributed by atoms with E-state index in [9.17, 15) is 21.6 Å². The number of sulfonamides is 1. The number of piperidine rings is 1. The van der Waals surface area contributed by atoms with Crippen molar-refractivity contribution in [3.05, 3.63) is 29.6 Å². The van der Waals surface area contributed by atoms with Gasteiger partial charge in [-0.1, -0.05) is 6.92 Å². The molecule has 1 aromatic carbocycles. The number of nitrogens with two attached hydrogens (primary N) is 1. The molecule has 112 valence electrons. The summed E-state index contributed by atoms with van der Waals surface area (Å²) in [5.74, 6) is -4.76. The molecule has 1 aliphatic rings. The SMILES string of the molecule is CC1CCN(S(=O)(=O)c2ccc(F)c(F)c2F)CC1N. The van der Waals surface area contributed by atoms with Crippen LogP contribution in [0.3, 0.4) is 0 Å². The minimum atomic E-state index is -4.22. The summed E-state index contributed by atoms with van der Waals surface area (Å²) in [6.45, 7) is 2.10. The fraction of sp³-hybridized carbons (Fsp3) is 0.500. The van der Waals surface area contributed by atoms with E-state index in [1.165, 1.54) is 0 Å². The first kappa shape index (κ1) is 15.3. The van der Waals surface area contributed by atoms with Crippen molar-refractivity contribution in [1.82, 2.24) is 4.31 Å². The van der Waals surface area contributed by atoms with Gasteiger partial charge in [0.25, 0.3) is 0 Å². The van der Waals surface area contributed by atoms with Crippen LogP contribution in [0.4, 0.5) is 13.2 Å². The lowest BCUT2D eigenvalue weighted by molar-refractivity contribution is 0.252.